The van der Waals surface area contributed by atoms with Gasteiger partial charge < -0.3 is 5.32 Å². The molecule has 0 aliphatic carbocycles. The summed E-state index contributed by atoms with van der Waals surface area (Å²) in [5.41, 5.74) is 1.58. The number of rotatable bonds is 4. The van der Waals surface area contributed by atoms with Crippen LogP contribution in [0.3, 0.4) is 0 Å². The zero-order valence-corrected chi connectivity index (χ0v) is 14.3. The second-order valence-electron chi connectivity index (χ2n) is 5.77. The van der Waals surface area contributed by atoms with Crippen molar-refractivity contribution < 1.29 is 9.18 Å². The average molecular weight is 347 g/mol. The molecule has 5 nitrogen and oxygen atoms in total. The third-order valence-electron chi connectivity index (χ3n) is 3.98. The minimum Gasteiger partial charge on any atom is -0.326 e. The molecule has 0 radical (unpaired) electrons. The first kappa shape index (κ1) is 16.7. The number of aryl methyl sites for hydroxylation is 2. The molecular formula is C17H18FN3O2S. The highest BCUT2D eigenvalue weighted by Crippen LogP contribution is 2.32. The van der Waals surface area contributed by atoms with E-state index in [-0.39, 0.29) is 29.7 Å². The van der Waals surface area contributed by atoms with Crippen molar-refractivity contribution in [1.29, 1.82) is 0 Å². The molecule has 1 aliphatic rings. The monoisotopic (exact) mass is 347 g/mol. The summed E-state index contributed by atoms with van der Waals surface area (Å²) in [4.78, 5) is 28.9. The minimum atomic E-state index is -0.359. The number of thioether (sulfide) groups is 1. The summed E-state index contributed by atoms with van der Waals surface area (Å²) in [5.74, 6) is 0.0238. The molecule has 0 saturated carbocycles. The Morgan fingerprint density at radius 3 is 2.96 bits per heavy atom. The van der Waals surface area contributed by atoms with Crippen molar-refractivity contribution in [3.05, 3.63) is 51.7 Å². The lowest BCUT2D eigenvalue weighted by atomic mass is 10.2. The molecule has 1 unspecified atom stereocenters. The fourth-order valence-electron chi connectivity index (χ4n) is 2.63. The van der Waals surface area contributed by atoms with E-state index in [2.05, 4.69) is 10.3 Å². The van der Waals surface area contributed by atoms with E-state index in [0.29, 0.717) is 28.6 Å². The predicted octanol–water partition coefficient (Wildman–Crippen LogP) is 2.93. The van der Waals surface area contributed by atoms with Gasteiger partial charge in [-0.25, -0.2) is 9.37 Å². The van der Waals surface area contributed by atoms with Crippen molar-refractivity contribution >= 4 is 23.4 Å². The lowest BCUT2D eigenvalue weighted by Gasteiger charge is -2.13. The van der Waals surface area contributed by atoms with Gasteiger partial charge >= 0.3 is 0 Å². The number of fused-ring (bicyclic) bond motifs is 1. The molecule has 0 saturated heterocycles. The summed E-state index contributed by atoms with van der Waals surface area (Å²) >= 11 is 1.48. The fourth-order valence-corrected chi connectivity index (χ4v) is 3.79. The maximum atomic E-state index is 13.5. The van der Waals surface area contributed by atoms with Crippen LogP contribution in [0.15, 0.2) is 34.2 Å². The van der Waals surface area contributed by atoms with E-state index in [0.717, 1.165) is 5.69 Å². The Morgan fingerprint density at radius 1 is 1.46 bits per heavy atom. The van der Waals surface area contributed by atoms with E-state index < -0.39 is 0 Å². The van der Waals surface area contributed by atoms with Crippen molar-refractivity contribution in [2.24, 2.45) is 0 Å². The molecular weight excluding hydrogens is 329 g/mol. The number of nitrogens with one attached hydrogen (secondary N) is 1. The van der Waals surface area contributed by atoms with Crippen LogP contribution in [0.5, 0.6) is 0 Å². The van der Waals surface area contributed by atoms with E-state index in [1.54, 1.807) is 23.6 Å². The van der Waals surface area contributed by atoms with Gasteiger partial charge in [-0.15, -0.1) is 0 Å². The number of benzene rings is 1. The number of carbonyl (C=O) groups is 1. The van der Waals surface area contributed by atoms with Gasteiger partial charge in [0.25, 0.3) is 5.56 Å². The van der Waals surface area contributed by atoms with Crippen LogP contribution in [0, 0.1) is 12.7 Å². The number of aromatic nitrogens is 2. The number of hydrogen-bond acceptors (Lipinski definition) is 4. The topological polar surface area (TPSA) is 64.0 Å². The summed E-state index contributed by atoms with van der Waals surface area (Å²) in [6.45, 7) is 3.61. The molecule has 7 heteroatoms. The summed E-state index contributed by atoms with van der Waals surface area (Å²) in [5, 5.41) is 3.35. The Kier molecular flexibility index (Phi) is 4.71. The van der Waals surface area contributed by atoms with E-state index in [1.807, 2.05) is 6.92 Å². The van der Waals surface area contributed by atoms with Crippen LogP contribution in [0.2, 0.25) is 0 Å². The predicted molar refractivity (Wildman–Crippen MR) is 92.0 cm³/mol. The highest BCUT2D eigenvalue weighted by molar-refractivity contribution is 7.99. The lowest BCUT2D eigenvalue weighted by Crippen LogP contribution is -2.27. The van der Waals surface area contributed by atoms with Crippen LogP contribution < -0.4 is 10.9 Å². The van der Waals surface area contributed by atoms with E-state index >= 15 is 0 Å². The Bertz CT molecular complexity index is 850. The third-order valence-corrected chi connectivity index (χ3v) is 5.08. The Morgan fingerprint density at radius 2 is 2.25 bits per heavy atom. The summed E-state index contributed by atoms with van der Waals surface area (Å²) in [6, 6.07) is 5.87. The molecule has 0 bridgehead atoms. The van der Waals surface area contributed by atoms with Crippen LogP contribution in [-0.2, 0) is 11.2 Å². The quantitative estimate of drug-likeness (QED) is 0.864. The number of amides is 1. The van der Waals surface area contributed by atoms with Gasteiger partial charge in [-0.1, -0.05) is 24.8 Å². The summed E-state index contributed by atoms with van der Waals surface area (Å²) < 4.78 is 15.1. The number of hydrogen-bond donors (Lipinski definition) is 1. The van der Waals surface area contributed by atoms with Crippen LogP contribution in [0.4, 0.5) is 10.1 Å². The van der Waals surface area contributed by atoms with Crippen molar-refractivity contribution in [3.63, 3.8) is 0 Å². The van der Waals surface area contributed by atoms with Crippen molar-refractivity contribution in [2.45, 2.75) is 37.9 Å². The van der Waals surface area contributed by atoms with Gasteiger partial charge in [0.2, 0.25) is 5.91 Å². The molecule has 126 valence electrons. The van der Waals surface area contributed by atoms with Crippen molar-refractivity contribution in [2.75, 3.05) is 11.1 Å². The van der Waals surface area contributed by atoms with Gasteiger partial charge in [-0.2, -0.15) is 0 Å². The third kappa shape index (κ3) is 3.36. The van der Waals surface area contributed by atoms with Gasteiger partial charge in [0.15, 0.2) is 5.16 Å². The molecule has 1 aromatic carbocycles. The van der Waals surface area contributed by atoms with Crippen LogP contribution in [0.1, 0.15) is 30.6 Å². The highest BCUT2D eigenvalue weighted by Gasteiger charge is 2.27. The number of carbonyl (C=O) groups excluding carboxylic acids is 1. The molecule has 0 fully saturated rings. The van der Waals surface area contributed by atoms with E-state index in [1.165, 1.54) is 23.9 Å². The SMILES string of the molecule is CCc1cc(=O)n2c(n1)SCC2CC(=O)Nc1ccc(C)c(F)c1. The second kappa shape index (κ2) is 6.76. The first-order valence-electron chi connectivity index (χ1n) is 7.79. The first-order valence-corrected chi connectivity index (χ1v) is 8.77. The average Bonchev–Trinajstić information content (AvgIpc) is 2.94. The van der Waals surface area contributed by atoms with Gasteiger partial charge in [0.05, 0.1) is 6.04 Å². The standard InChI is InChI=1S/C17H18FN3O2S/c1-3-11-7-16(23)21-13(9-24-17(21)20-11)8-15(22)19-12-5-4-10(2)14(18)6-12/h4-7,13H,3,8-9H2,1-2H3,(H,19,22). The lowest BCUT2D eigenvalue weighted by molar-refractivity contribution is -0.116. The Labute approximate surface area is 143 Å². The number of halogens is 1. The Hall–Kier alpha value is -2.15. The molecule has 2 heterocycles. The molecule has 1 aromatic heterocycles. The van der Waals surface area contributed by atoms with Crippen LogP contribution in [0.25, 0.3) is 0 Å². The van der Waals surface area contributed by atoms with Crippen LogP contribution in [-0.4, -0.2) is 21.2 Å². The van der Waals surface area contributed by atoms with Gasteiger partial charge in [0.1, 0.15) is 5.82 Å². The first-order chi connectivity index (χ1) is 11.5. The van der Waals surface area contributed by atoms with E-state index in [4.69, 9.17) is 0 Å². The zero-order chi connectivity index (χ0) is 17.3. The minimum absolute atomic E-state index is 0.124. The largest absolute Gasteiger partial charge is 0.326 e. The Balaban J connectivity index is 1.73. The molecule has 1 atom stereocenters. The maximum absolute atomic E-state index is 13.5. The normalized spacial score (nSPS) is 16.0. The maximum Gasteiger partial charge on any atom is 0.254 e. The number of nitrogens with zero attached hydrogens (tertiary/aromatic N) is 2. The van der Waals surface area contributed by atoms with Gasteiger partial charge in [0, 0.05) is 29.6 Å². The molecule has 1 amide bonds. The molecule has 3 rings (SSSR count). The van der Waals surface area contributed by atoms with Crippen molar-refractivity contribution in [3.8, 4) is 0 Å². The summed E-state index contributed by atoms with van der Waals surface area (Å²) in [6.07, 6.45) is 0.857. The van der Waals surface area contributed by atoms with Gasteiger partial charge in [-0.05, 0) is 31.0 Å². The number of anilines is 1. The smallest absolute Gasteiger partial charge is 0.254 e. The van der Waals surface area contributed by atoms with Crippen LogP contribution >= 0.6 is 11.8 Å². The highest BCUT2D eigenvalue weighted by atomic mass is 32.2. The molecule has 24 heavy (non-hydrogen) atoms. The molecule has 0 spiro atoms. The fraction of sp³-hybridized carbons (Fsp3) is 0.353. The molecule has 1 N–H and O–H groups in total. The van der Waals surface area contributed by atoms with Gasteiger partial charge in [-0.3, -0.25) is 14.2 Å². The zero-order valence-electron chi connectivity index (χ0n) is 13.5. The van der Waals surface area contributed by atoms with E-state index in [9.17, 15) is 14.0 Å². The molecule has 2 aromatic rings. The second-order valence-corrected chi connectivity index (χ2v) is 6.76. The molecule has 1 aliphatic heterocycles. The summed E-state index contributed by atoms with van der Waals surface area (Å²) in [7, 11) is 0. The van der Waals surface area contributed by atoms with Crippen molar-refractivity contribution in [1.82, 2.24) is 9.55 Å².